The van der Waals surface area contributed by atoms with Gasteiger partial charge in [-0.1, -0.05) is 6.07 Å². The first-order chi connectivity index (χ1) is 6.20. The third-order valence-corrected chi connectivity index (χ3v) is 3.09. The molecule has 0 heterocycles. The average Bonchev–Trinajstić information content (AvgIpc) is 2.11. The minimum Gasteiger partial charge on any atom is -0.392 e. The molecule has 1 aromatic rings. The number of rotatable bonds is 2. The summed E-state index contributed by atoms with van der Waals surface area (Å²) in [6, 6.07) is 5.99. The molecule has 1 aromatic carbocycles. The second-order valence-corrected chi connectivity index (χ2v) is 3.97. The molecule has 0 amide bonds. The summed E-state index contributed by atoms with van der Waals surface area (Å²) in [6.07, 6.45) is 0.412. The molecule has 3 heteroatoms. The monoisotopic (exact) mass is 287 g/mol. The maximum Gasteiger partial charge on any atom is 0.0694 e. The highest BCUT2D eigenvalue weighted by atomic mass is 127. The zero-order valence-electron chi connectivity index (χ0n) is 7.34. The van der Waals surface area contributed by atoms with Crippen molar-refractivity contribution in [1.29, 1.82) is 5.26 Å². The summed E-state index contributed by atoms with van der Waals surface area (Å²) in [6.45, 7) is 1.99. The van der Waals surface area contributed by atoms with E-state index < -0.39 is 0 Å². The number of nitriles is 1. The van der Waals surface area contributed by atoms with E-state index in [0.717, 1.165) is 20.3 Å². The van der Waals surface area contributed by atoms with Crippen molar-refractivity contribution < 1.29 is 5.11 Å². The number of aliphatic hydroxyl groups excluding tert-OH is 1. The maximum absolute atomic E-state index is 9.10. The zero-order valence-corrected chi connectivity index (χ0v) is 9.50. The van der Waals surface area contributed by atoms with Crippen molar-refractivity contribution >= 4 is 22.6 Å². The summed E-state index contributed by atoms with van der Waals surface area (Å²) in [5.41, 5.74) is 2.98. The van der Waals surface area contributed by atoms with E-state index >= 15 is 0 Å². The van der Waals surface area contributed by atoms with Gasteiger partial charge in [-0.2, -0.15) is 5.26 Å². The van der Waals surface area contributed by atoms with Gasteiger partial charge in [0.05, 0.1) is 19.1 Å². The van der Waals surface area contributed by atoms with Crippen LogP contribution >= 0.6 is 22.6 Å². The van der Waals surface area contributed by atoms with Crippen molar-refractivity contribution in [3.63, 3.8) is 0 Å². The molecule has 0 aliphatic heterocycles. The molecule has 0 aromatic heterocycles. The van der Waals surface area contributed by atoms with Gasteiger partial charge < -0.3 is 5.11 Å². The van der Waals surface area contributed by atoms with Crippen LogP contribution in [-0.4, -0.2) is 5.11 Å². The van der Waals surface area contributed by atoms with Crippen molar-refractivity contribution in [2.24, 2.45) is 0 Å². The van der Waals surface area contributed by atoms with Crippen molar-refractivity contribution in [2.75, 3.05) is 0 Å². The predicted molar refractivity (Wildman–Crippen MR) is 59.1 cm³/mol. The lowest BCUT2D eigenvalue weighted by molar-refractivity contribution is 0.280. The lowest BCUT2D eigenvalue weighted by Crippen LogP contribution is -1.97. The summed E-state index contributed by atoms with van der Waals surface area (Å²) in [7, 11) is 0. The van der Waals surface area contributed by atoms with Crippen molar-refractivity contribution in [3.05, 3.63) is 32.4 Å². The van der Waals surface area contributed by atoms with Gasteiger partial charge >= 0.3 is 0 Å². The molecule has 0 fully saturated rings. The number of nitrogens with zero attached hydrogens (tertiary/aromatic N) is 1. The molecule has 13 heavy (non-hydrogen) atoms. The highest BCUT2D eigenvalue weighted by Crippen LogP contribution is 2.20. The summed E-state index contributed by atoms with van der Waals surface area (Å²) >= 11 is 2.19. The van der Waals surface area contributed by atoms with Crippen molar-refractivity contribution in [1.82, 2.24) is 0 Å². The third-order valence-electron chi connectivity index (χ3n) is 2.08. The molecule has 2 nitrogen and oxygen atoms in total. The molecule has 0 aliphatic carbocycles. The minimum absolute atomic E-state index is 0.0450. The molecule has 0 bridgehead atoms. The Balaban J connectivity index is 3.21. The van der Waals surface area contributed by atoms with Gasteiger partial charge in [-0.3, -0.25) is 0 Å². The van der Waals surface area contributed by atoms with Crippen molar-refractivity contribution in [2.45, 2.75) is 20.0 Å². The van der Waals surface area contributed by atoms with Crippen LogP contribution in [0.3, 0.4) is 0 Å². The van der Waals surface area contributed by atoms with Crippen LogP contribution in [0.1, 0.15) is 16.7 Å². The molecule has 0 saturated heterocycles. The Morgan fingerprint density at radius 1 is 1.54 bits per heavy atom. The molecule has 1 N–H and O–H groups in total. The van der Waals surface area contributed by atoms with Crippen LogP contribution in [0.25, 0.3) is 0 Å². The van der Waals surface area contributed by atoms with Gasteiger partial charge in [0.25, 0.3) is 0 Å². The Morgan fingerprint density at radius 2 is 2.23 bits per heavy atom. The quantitative estimate of drug-likeness (QED) is 0.847. The molecule has 0 atom stereocenters. The lowest BCUT2D eigenvalue weighted by atomic mass is 10.0. The van der Waals surface area contributed by atoms with Gasteiger partial charge in [0, 0.05) is 3.57 Å². The van der Waals surface area contributed by atoms with E-state index in [1.807, 2.05) is 19.1 Å². The van der Waals surface area contributed by atoms with E-state index in [9.17, 15) is 0 Å². The van der Waals surface area contributed by atoms with Crippen LogP contribution in [0.5, 0.6) is 0 Å². The van der Waals surface area contributed by atoms with Crippen LogP contribution in [0.4, 0.5) is 0 Å². The maximum atomic E-state index is 9.10. The number of aliphatic hydroxyl groups is 1. The fraction of sp³-hybridized carbons (Fsp3) is 0.300. The number of benzene rings is 1. The van der Waals surface area contributed by atoms with E-state index in [-0.39, 0.29) is 6.61 Å². The van der Waals surface area contributed by atoms with Crippen LogP contribution in [-0.2, 0) is 13.0 Å². The molecular weight excluding hydrogens is 277 g/mol. The van der Waals surface area contributed by atoms with Gasteiger partial charge in [0.2, 0.25) is 0 Å². The Morgan fingerprint density at radius 3 is 2.77 bits per heavy atom. The normalized spacial score (nSPS) is 9.69. The van der Waals surface area contributed by atoms with E-state index in [1.54, 1.807) is 0 Å². The second-order valence-electron chi connectivity index (χ2n) is 2.80. The topological polar surface area (TPSA) is 44.0 Å². The second kappa shape index (κ2) is 4.58. The van der Waals surface area contributed by atoms with Gasteiger partial charge in [-0.15, -0.1) is 0 Å². The first-order valence-corrected chi connectivity index (χ1v) is 5.03. The fourth-order valence-electron chi connectivity index (χ4n) is 1.24. The van der Waals surface area contributed by atoms with E-state index in [1.165, 1.54) is 0 Å². The van der Waals surface area contributed by atoms with Gasteiger partial charge in [0.15, 0.2) is 0 Å². The lowest BCUT2D eigenvalue weighted by Gasteiger charge is -2.08. The zero-order chi connectivity index (χ0) is 9.84. The van der Waals surface area contributed by atoms with Gasteiger partial charge in [-0.05, 0) is 52.3 Å². The Hall–Kier alpha value is -0.600. The molecule has 1 rings (SSSR count). The highest BCUT2D eigenvalue weighted by molar-refractivity contribution is 14.1. The summed E-state index contributed by atoms with van der Waals surface area (Å²) in [5, 5.41) is 17.7. The number of hydrogen-bond donors (Lipinski definition) is 1. The Bertz CT molecular complexity index is 355. The highest BCUT2D eigenvalue weighted by Gasteiger charge is 2.06. The molecule has 68 valence electrons. The van der Waals surface area contributed by atoms with Crippen LogP contribution < -0.4 is 0 Å². The molecule has 0 spiro atoms. The Kier molecular flexibility index (Phi) is 3.70. The first kappa shape index (κ1) is 10.5. The molecular formula is C10H10INO. The molecule has 0 unspecified atom stereocenters. The minimum atomic E-state index is 0.0450. The van der Waals surface area contributed by atoms with E-state index in [4.69, 9.17) is 10.4 Å². The number of hydrogen-bond acceptors (Lipinski definition) is 2. The molecule has 0 saturated carbocycles. The summed E-state index contributed by atoms with van der Waals surface area (Å²) in [5.74, 6) is 0. The van der Waals surface area contributed by atoms with Crippen molar-refractivity contribution in [3.8, 4) is 6.07 Å². The molecule has 0 radical (unpaired) electrons. The van der Waals surface area contributed by atoms with Crippen LogP contribution in [0.2, 0.25) is 0 Å². The van der Waals surface area contributed by atoms with Crippen LogP contribution in [0.15, 0.2) is 12.1 Å². The standard InChI is InChI=1S/C10H10INO/c1-7-8(4-5-12)2-3-10(11)9(7)6-13/h2-3,13H,4,6H2,1H3. The summed E-state index contributed by atoms with van der Waals surface area (Å²) < 4.78 is 1.05. The van der Waals surface area contributed by atoms with Gasteiger partial charge in [-0.25, -0.2) is 0 Å². The van der Waals surface area contributed by atoms with E-state index in [2.05, 4.69) is 28.7 Å². The summed E-state index contributed by atoms with van der Waals surface area (Å²) in [4.78, 5) is 0. The van der Waals surface area contributed by atoms with Gasteiger partial charge in [0.1, 0.15) is 0 Å². The largest absolute Gasteiger partial charge is 0.392 e. The Labute approximate surface area is 91.3 Å². The molecule has 0 aliphatic rings. The SMILES string of the molecule is Cc1c(CC#N)ccc(I)c1CO. The smallest absolute Gasteiger partial charge is 0.0694 e. The van der Waals surface area contributed by atoms with E-state index in [0.29, 0.717) is 6.42 Å². The fourth-order valence-corrected chi connectivity index (χ4v) is 2.00. The number of halogens is 1. The van der Waals surface area contributed by atoms with Crippen LogP contribution in [0, 0.1) is 21.8 Å². The average molecular weight is 287 g/mol. The first-order valence-electron chi connectivity index (χ1n) is 3.95. The predicted octanol–water partition coefficient (Wildman–Crippen LogP) is 2.16. The third kappa shape index (κ3) is 2.20.